The third-order valence-electron chi connectivity index (χ3n) is 5.60. The molecule has 3 rings (SSSR count). The third-order valence-corrected chi connectivity index (χ3v) is 5.60. The number of carbonyl (C=O) groups is 1. The van der Waals surface area contributed by atoms with Crippen molar-refractivity contribution in [2.24, 2.45) is 0 Å². The number of likely N-dealkylation sites (tertiary alicyclic amines) is 1. The second-order valence-electron chi connectivity index (χ2n) is 7.40. The summed E-state index contributed by atoms with van der Waals surface area (Å²) in [5.41, 5.74) is 2.57. The van der Waals surface area contributed by atoms with E-state index in [2.05, 4.69) is 4.90 Å². The van der Waals surface area contributed by atoms with Crippen molar-refractivity contribution >= 4 is 5.97 Å². The highest BCUT2D eigenvalue weighted by Gasteiger charge is 2.44. The molecule has 4 nitrogen and oxygen atoms in total. The number of hydrogen-bond acceptors (Lipinski definition) is 4. The fraction of sp³-hybridized carbons (Fsp3) is 0.435. The zero-order chi connectivity index (χ0) is 19.3. The minimum atomic E-state index is -0.581. The van der Waals surface area contributed by atoms with E-state index in [0.29, 0.717) is 26.0 Å². The number of aliphatic hydroxyl groups excluding tert-OH is 1. The van der Waals surface area contributed by atoms with E-state index in [-0.39, 0.29) is 5.97 Å². The van der Waals surface area contributed by atoms with Gasteiger partial charge in [-0.2, -0.15) is 0 Å². The molecule has 2 aromatic rings. The van der Waals surface area contributed by atoms with E-state index in [0.717, 1.165) is 24.2 Å². The molecule has 0 bridgehead atoms. The number of ether oxygens (including phenoxy) is 1. The summed E-state index contributed by atoms with van der Waals surface area (Å²) in [6, 6.07) is 18.0. The van der Waals surface area contributed by atoms with E-state index >= 15 is 0 Å². The molecule has 1 unspecified atom stereocenters. The molecule has 1 aliphatic rings. The van der Waals surface area contributed by atoms with Gasteiger partial charge in [0.1, 0.15) is 0 Å². The van der Waals surface area contributed by atoms with Gasteiger partial charge in [0, 0.05) is 6.54 Å². The predicted octanol–water partition coefficient (Wildman–Crippen LogP) is 3.63. The summed E-state index contributed by atoms with van der Waals surface area (Å²) < 4.78 is 5.43. The van der Waals surface area contributed by atoms with Gasteiger partial charge >= 0.3 is 5.97 Å². The van der Waals surface area contributed by atoms with Gasteiger partial charge in [-0.25, -0.2) is 0 Å². The average Bonchev–Trinajstić information content (AvgIpc) is 2.70. The fourth-order valence-corrected chi connectivity index (χ4v) is 3.89. The Morgan fingerprint density at radius 3 is 2.33 bits per heavy atom. The molecule has 1 saturated heterocycles. The topological polar surface area (TPSA) is 49.8 Å². The summed E-state index contributed by atoms with van der Waals surface area (Å²) in [5, 5.41) is 10.6. The highest BCUT2D eigenvalue weighted by Crippen LogP contribution is 2.37. The van der Waals surface area contributed by atoms with E-state index in [1.165, 1.54) is 5.56 Å². The molecule has 0 radical (unpaired) electrons. The molecule has 1 heterocycles. The van der Waals surface area contributed by atoms with E-state index in [1.807, 2.05) is 68.4 Å². The number of carbonyl (C=O) groups excluding carboxylic acids is 1. The lowest BCUT2D eigenvalue weighted by Gasteiger charge is -2.40. The van der Waals surface area contributed by atoms with Crippen LogP contribution in [0.3, 0.4) is 0 Å². The SMILES string of the molecule is CCOC(=O)C1(c2ccccc2)CCN(CC(O)c2ccc(C)cc2)CC1. The maximum atomic E-state index is 12.8. The van der Waals surface area contributed by atoms with Gasteiger partial charge in [-0.1, -0.05) is 60.2 Å². The first-order chi connectivity index (χ1) is 13.0. The molecular weight excluding hydrogens is 338 g/mol. The maximum Gasteiger partial charge on any atom is 0.316 e. The van der Waals surface area contributed by atoms with Crippen molar-refractivity contribution < 1.29 is 14.6 Å². The van der Waals surface area contributed by atoms with Gasteiger partial charge in [-0.15, -0.1) is 0 Å². The van der Waals surface area contributed by atoms with Crippen molar-refractivity contribution in [3.63, 3.8) is 0 Å². The minimum absolute atomic E-state index is 0.130. The second-order valence-corrected chi connectivity index (χ2v) is 7.40. The molecule has 1 N–H and O–H groups in total. The van der Waals surface area contributed by atoms with E-state index in [9.17, 15) is 9.90 Å². The van der Waals surface area contributed by atoms with Crippen LogP contribution in [0, 0.1) is 6.92 Å². The lowest BCUT2D eigenvalue weighted by atomic mass is 9.72. The van der Waals surface area contributed by atoms with Gasteiger partial charge < -0.3 is 14.7 Å². The Morgan fingerprint density at radius 2 is 1.74 bits per heavy atom. The molecule has 0 amide bonds. The molecule has 144 valence electrons. The predicted molar refractivity (Wildman–Crippen MR) is 107 cm³/mol. The monoisotopic (exact) mass is 367 g/mol. The van der Waals surface area contributed by atoms with E-state index in [1.54, 1.807) is 0 Å². The number of esters is 1. The van der Waals surface area contributed by atoms with Gasteiger partial charge in [0.2, 0.25) is 0 Å². The molecule has 1 atom stereocenters. The van der Waals surface area contributed by atoms with Gasteiger partial charge in [-0.3, -0.25) is 4.79 Å². The standard InChI is InChI=1S/C23H29NO3/c1-3-27-22(26)23(20-7-5-4-6-8-20)13-15-24(16-14-23)17-21(25)19-11-9-18(2)10-12-19/h4-12,21,25H,3,13-17H2,1-2H3. The number of aliphatic hydroxyl groups is 1. The van der Waals surface area contributed by atoms with Crippen LogP contribution in [0.25, 0.3) is 0 Å². The summed E-state index contributed by atoms with van der Waals surface area (Å²) in [6.45, 7) is 6.39. The number of nitrogens with zero attached hydrogens (tertiary/aromatic N) is 1. The molecule has 0 aromatic heterocycles. The Labute approximate surface area is 161 Å². The molecule has 4 heteroatoms. The Morgan fingerprint density at radius 1 is 1.11 bits per heavy atom. The largest absolute Gasteiger partial charge is 0.465 e. The number of aryl methyl sites for hydroxylation is 1. The number of benzene rings is 2. The highest BCUT2D eigenvalue weighted by atomic mass is 16.5. The van der Waals surface area contributed by atoms with Crippen LogP contribution in [0.2, 0.25) is 0 Å². The second kappa shape index (κ2) is 8.68. The lowest BCUT2D eigenvalue weighted by molar-refractivity contribution is -0.152. The van der Waals surface area contributed by atoms with Crippen LogP contribution in [0.15, 0.2) is 54.6 Å². The average molecular weight is 367 g/mol. The zero-order valence-corrected chi connectivity index (χ0v) is 16.2. The van der Waals surface area contributed by atoms with Crippen LogP contribution in [-0.4, -0.2) is 42.2 Å². The van der Waals surface area contributed by atoms with Crippen molar-refractivity contribution in [2.75, 3.05) is 26.2 Å². The Hall–Kier alpha value is -2.17. The van der Waals surface area contributed by atoms with Crippen LogP contribution in [0.4, 0.5) is 0 Å². The first kappa shape index (κ1) is 19.6. The van der Waals surface area contributed by atoms with Crippen molar-refractivity contribution in [3.8, 4) is 0 Å². The zero-order valence-electron chi connectivity index (χ0n) is 16.2. The summed E-state index contributed by atoms with van der Waals surface area (Å²) >= 11 is 0. The summed E-state index contributed by atoms with van der Waals surface area (Å²) in [4.78, 5) is 15.1. The number of rotatable bonds is 6. The van der Waals surface area contributed by atoms with Crippen LogP contribution >= 0.6 is 0 Å². The molecule has 2 aromatic carbocycles. The molecule has 0 spiro atoms. The number of β-amino-alcohol motifs (C(OH)–C–C–N with tert-alkyl or cyclic N) is 1. The van der Waals surface area contributed by atoms with Crippen LogP contribution < -0.4 is 0 Å². The van der Waals surface area contributed by atoms with Crippen LogP contribution in [-0.2, 0) is 14.9 Å². The van der Waals surface area contributed by atoms with Gasteiger partial charge in [0.05, 0.1) is 18.1 Å². The van der Waals surface area contributed by atoms with E-state index in [4.69, 9.17) is 4.74 Å². The molecule has 0 saturated carbocycles. The lowest BCUT2D eigenvalue weighted by Crippen LogP contribution is -2.48. The van der Waals surface area contributed by atoms with Gasteiger partial charge in [0.15, 0.2) is 0 Å². The Balaban J connectivity index is 1.69. The fourth-order valence-electron chi connectivity index (χ4n) is 3.89. The molecule has 1 aliphatic heterocycles. The molecule has 1 fully saturated rings. The van der Waals surface area contributed by atoms with Crippen LogP contribution in [0.5, 0.6) is 0 Å². The van der Waals surface area contributed by atoms with Gasteiger partial charge in [0.25, 0.3) is 0 Å². The Kier molecular flexibility index (Phi) is 6.30. The first-order valence-electron chi connectivity index (χ1n) is 9.75. The highest BCUT2D eigenvalue weighted by molar-refractivity contribution is 5.83. The normalized spacial score (nSPS) is 18.0. The van der Waals surface area contributed by atoms with E-state index < -0.39 is 11.5 Å². The van der Waals surface area contributed by atoms with Crippen molar-refractivity contribution in [3.05, 3.63) is 71.3 Å². The molecular formula is C23H29NO3. The maximum absolute atomic E-state index is 12.8. The number of piperidine rings is 1. The van der Waals surface area contributed by atoms with Crippen molar-refractivity contribution in [2.45, 2.75) is 38.2 Å². The Bertz CT molecular complexity index is 734. The van der Waals surface area contributed by atoms with Crippen LogP contribution in [0.1, 0.15) is 42.6 Å². The van der Waals surface area contributed by atoms with Gasteiger partial charge in [-0.05, 0) is 50.9 Å². The smallest absolute Gasteiger partial charge is 0.316 e. The summed E-state index contributed by atoms with van der Waals surface area (Å²) in [5.74, 6) is -0.130. The number of hydrogen-bond donors (Lipinski definition) is 1. The minimum Gasteiger partial charge on any atom is -0.465 e. The quantitative estimate of drug-likeness (QED) is 0.792. The van der Waals surface area contributed by atoms with Crippen molar-refractivity contribution in [1.29, 1.82) is 0 Å². The van der Waals surface area contributed by atoms with Crippen molar-refractivity contribution in [1.82, 2.24) is 4.90 Å². The summed E-state index contributed by atoms with van der Waals surface area (Å²) in [6.07, 6.45) is 0.893. The molecule has 0 aliphatic carbocycles. The third kappa shape index (κ3) is 4.40. The molecule has 27 heavy (non-hydrogen) atoms. The first-order valence-corrected chi connectivity index (χ1v) is 9.75. The summed E-state index contributed by atoms with van der Waals surface area (Å²) in [7, 11) is 0.